The Bertz CT molecular complexity index is 1270. The second-order valence-electron chi connectivity index (χ2n) is 8.42. The number of likely N-dealkylation sites (tertiary alicyclic amines) is 1. The second kappa shape index (κ2) is 10.9. The van der Waals surface area contributed by atoms with E-state index >= 15 is 0 Å². The minimum Gasteiger partial charge on any atom is -0.507 e. The van der Waals surface area contributed by atoms with Crippen LogP contribution < -0.4 is 9.30 Å². The number of non-ortho nitro benzene ring substituents is 1. The molecule has 1 fully saturated rings. The number of aliphatic hydroxyl groups is 1. The normalized spacial score (nSPS) is 16.9. The molecule has 0 bridgehead atoms. The third kappa shape index (κ3) is 5.12. The summed E-state index contributed by atoms with van der Waals surface area (Å²) >= 11 is 0. The first-order valence-corrected chi connectivity index (χ1v) is 11.7. The third-order valence-corrected chi connectivity index (χ3v) is 5.98. The van der Waals surface area contributed by atoms with Crippen LogP contribution in [0.3, 0.4) is 0 Å². The standard InChI is InChI=1S/C26H26N4O6/c1-2-16-36-21-10-6-19(7-11-21)24(31)22-23(18-4-8-20(9-5-18)30(34)35)29(26(33)25(22)32)14-3-13-28-15-12-27-17-28/h4-12,15,17,23H,2-3,13-14,16H2,1H3,(H,31,32)/p+1. The van der Waals surface area contributed by atoms with E-state index in [0.717, 1.165) is 6.42 Å². The minimum absolute atomic E-state index is 0.0506. The smallest absolute Gasteiger partial charge is 0.295 e. The maximum atomic E-state index is 13.1. The lowest BCUT2D eigenvalue weighted by Gasteiger charge is -2.25. The van der Waals surface area contributed by atoms with E-state index in [4.69, 9.17) is 4.74 Å². The number of Topliss-reactive ketones (excluding diaryl/α,β-unsaturated/α-hetero) is 1. The molecule has 1 atom stereocenters. The maximum absolute atomic E-state index is 13.1. The Morgan fingerprint density at radius 1 is 1.17 bits per heavy atom. The summed E-state index contributed by atoms with van der Waals surface area (Å²) in [6, 6.07) is 11.4. The first-order valence-electron chi connectivity index (χ1n) is 11.7. The molecule has 10 nitrogen and oxygen atoms in total. The van der Waals surface area contributed by atoms with Gasteiger partial charge in [-0.3, -0.25) is 24.7 Å². The van der Waals surface area contributed by atoms with Crippen molar-refractivity contribution in [1.29, 1.82) is 0 Å². The minimum atomic E-state index is -0.877. The molecule has 2 aromatic carbocycles. The lowest BCUT2D eigenvalue weighted by Crippen LogP contribution is -2.36. The van der Waals surface area contributed by atoms with Gasteiger partial charge < -0.3 is 14.7 Å². The Balaban J connectivity index is 1.70. The zero-order chi connectivity index (χ0) is 25.7. The summed E-state index contributed by atoms with van der Waals surface area (Å²) in [5.41, 5.74) is 0.706. The van der Waals surface area contributed by atoms with Crippen LogP contribution in [0.25, 0.3) is 5.76 Å². The van der Waals surface area contributed by atoms with Gasteiger partial charge in [0.05, 0.1) is 29.7 Å². The molecule has 3 aromatic rings. The van der Waals surface area contributed by atoms with E-state index in [0.29, 0.717) is 36.4 Å². The number of hydrogen-bond donors (Lipinski definition) is 2. The van der Waals surface area contributed by atoms with E-state index < -0.39 is 22.7 Å². The lowest BCUT2D eigenvalue weighted by atomic mass is 9.95. The first kappa shape index (κ1) is 24.6. The number of ketones is 1. The number of nitro groups is 1. The topological polar surface area (TPSA) is 130 Å². The zero-order valence-electron chi connectivity index (χ0n) is 19.8. The predicted molar refractivity (Wildman–Crippen MR) is 130 cm³/mol. The first-order chi connectivity index (χ1) is 17.4. The molecule has 1 aromatic heterocycles. The number of carbonyl (C=O) groups is 2. The highest BCUT2D eigenvalue weighted by atomic mass is 16.6. The number of benzene rings is 2. The molecule has 1 aliphatic rings. The Hall–Kier alpha value is -4.47. The average molecular weight is 492 g/mol. The summed E-state index contributed by atoms with van der Waals surface area (Å²) < 4.78 is 7.50. The number of rotatable bonds is 10. The molecule has 4 rings (SSSR count). The van der Waals surface area contributed by atoms with E-state index in [1.165, 1.54) is 29.2 Å². The highest BCUT2D eigenvalue weighted by Gasteiger charge is 2.45. The van der Waals surface area contributed by atoms with Crippen LogP contribution in [0, 0.1) is 10.1 Å². The van der Waals surface area contributed by atoms with Crippen molar-refractivity contribution in [2.45, 2.75) is 32.4 Å². The van der Waals surface area contributed by atoms with E-state index in [1.54, 1.807) is 36.8 Å². The number of aliphatic hydroxyl groups excluding tert-OH is 1. The number of aryl methyl sites for hydroxylation is 1. The molecule has 2 heterocycles. The number of aromatic amines is 1. The average Bonchev–Trinajstić information content (AvgIpc) is 3.50. The molecule has 1 saturated heterocycles. The summed E-state index contributed by atoms with van der Waals surface area (Å²) in [5, 5.41) is 22.3. The number of H-pyrrole nitrogens is 1. The molecule has 1 aliphatic heterocycles. The van der Waals surface area contributed by atoms with Crippen molar-refractivity contribution in [1.82, 2.24) is 9.88 Å². The predicted octanol–water partition coefficient (Wildman–Crippen LogP) is 3.51. The summed E-state index contributed by atoms with van der Waals surface area (Å²) in [4.78, 5) is 41.2. The van der Waals surface area contributed by atoms with E-state index in [9.17, 15) is 24.8 Å². The molecule has 0 radical (unpaired) electrons. The van der Waals surface area contributed by atoms with Gasteiger partial charge in [-0.15, -0.1) is 0 Å². The van der Waals surface area contributed by atoms with Gasteiger partial charge in [0.25, 0.3) is 17.4 Å². The second-order valence-corrected chi connectivity index (χ2v) is 8.42. The largest absolute Gasteiger partial charge is 0.507 e. The van der Waals surface area contributed by atoms with Crippen LogP contribution in [0.2, 0.25) is 0 Å². The van der Waals surface area contributed by atoms with Crippen LogP contribution in [0.1, 0.15) is 36.9 Å². The Kier molecular flexibility index (Phi) is 7.43. The number of carbonyl (C=O) groups excluding carboxylic acids is 2. The van der Waals surface area contributed by atoms with Crippen LogP contribution in [-0.2, 0) is 16.1 Å². The fourth-order valence-corrected chi connectivity index (χ4v) is 4.20. The molecule has 0 saturated carbocycles. The SMILES string of the molecule is CCCOc1ccc(C(O)=C2C(=O)C(=O)N(CCC[n+]3cc[nH]c3)C2c2ccc([N+](=O)[O-])cc2)cc1. The van der Waals surface area contributed by atoms with E-state index in [1.807, 2.05) is 17.7 Å². The zero-order valence-corrected chi connectivity index (χ0v) is 19.8. The van der Waals surface area contributed by atoms with Crippen molar-refractivity contribution < 1.29 is 28.9 Å². The number of nitrogens with zero attached hydrogens (tertiary/aromatic N) is 3. The van der Waals surface area contributed by atoms with Gasteiger partial charge in [-0.25, -0.2) is 4.57 Å². The number of imidazole rings is 1. The highest BCUT2D eigenvalue weighted by Crippen LogP contribution is 2.40. The summed E-state index contributed by atoms with van der Waals surface area (Å²) in [5.74, 6) is -1.19. The monoisotopic (exact) mass is 491 g/mol. The van der Waals surface area contributed by atoms with Gasteiger partial charge in [-0.1, -0.05) is 6.92 Å². The molecular formula is C26H27N4O6+. The molecule has 1 unspecified atom stereocenters. The molecule has 0 spiro atoms. The lowest BCUT2D eigenvalue weighted by molar-refractivity contribution is -0.695. The summed E-state index contributed by atoms with van der Waals surface area (Å²) in [6.45, 7) is 3.41. The highest BCUT2D eigenvalue weighted by molar-refractivity contribution is 6.46. The number of amides is 1. The third-order valence-electron chi connectivity index (χ3n) is 5.98. The van der Waals surface area contributed by atoms with Crippen LogP contribution >= 0.6 is 0 Å². The van der Waals surface area contributed by atoms with Crippen molar-refractivity contribution in [3.8, 4) is 5.75 Å². The molecule has 186 valence electrons. The number of ether oxygens (including phenoxy) is 1. The van der Waals surface area contributed by atoms with Gasteiger partial charge in [0.1, 0.15) is 23.9 Å². The van der Waals surface area contributed by atoms with E-state index in [2.05, 4.69) is 4.98 Å². The molecule has 2 N–H and O–H groups in total. The van der Waals surface area contributed by atoms with Gasteiger partial charge in [0.15, 0.2) is 0 Å². The van der Waals surface area contributed by atoms with Crippen LogP contribution in [0.5, 0.6) is 5.75 Å². The Labute approximate surface area is 207 Å². The molecular weight excluding hydrogens is 464 g/mol. The number of nitrogens with one attached hydrogen (secondary N) is 1. The van der Waals surface area contributed by atoms with Crippen molar-refractivity contribution in [3.63, 3.8) is 0 Å². The summed E-state index contributed by atoms with van der Waals surface area (Å²) in [6.07, 6.45) is 6.83. The van der Waals surface area contributed by atoms with Gasteiger partial charge in [0.2, 0.25) is 6.33 Å². The number of hydrogen-bond acceptors (Lipinski definition) is 6. The number of nitro benzene ring substituents is 1. The van der Waals surface area contributed by atoms with Crippen LogP contribution in [0.4, 0.5) is 5.69 Å². The van der Waals surface area contributed by atoms with Crippen molar-refractivity contribution in [2.24, 2.45) is 0 Å². The fourth-order valence-electron chi connectivity index (χ4n) is 4.20. The van der Waals surface area contributed by atoms with E-state index in [-0.39, 0.29) is 23.6 Å². The van der Waals surface area contributed by atoms with Crippen molar-refractivity contribution >= 4 is 23.1 Å². The molecule has 0 aliphatic carbocycles. The molecule has 36 heavy (non-hydrogen) atoms. The van der Waals surface area contributed by atoms with Crippen molar-refractivity contribution in [3.05, 3.63) is 94.1 Å². The maximum Gasteiger partial charge on any atom is 0.295 e. The van der Waals surface area contributed by atoms with Gasteiger partial charge >= 0.3 is 0 Å². The van der Waals surface area contributed by atoms with Crippen molar-refractivity contribution in [2.75, 3.05) is 13.2 Å². The molecule has 1 amide bonds. The van der Waals surface area contributed by atoms with Crippen LogP contribution in [-0.4, -0.2) is 44.8 Å². The number of aromatic nitrogens is 2. The Morgan fingerprint density at radius 2 is 1.89 bits per heavy atom. The Morgan fingerprint density at radius 3 is 2.50 bits per heavy atom. The molecule has 10 heteroatoms. The van der Waals surface area contributed by atoms with Crippen LogP contribution in [0.15, 0.2) is 72.8 Å². The quantitative estimate of drug-likeness (QED) is 0.111. The van der Waals surface area contributed by atoms with Gasteiger partial charge in [-0.2, -0.15) is 0 Å². The van der Waals surface area contributed by atoms with Gasteiger partial charge in [0, 0.05) is 30.7 Å². The summed E-state index contributed by atoms with van der Waals surface area (Å²) in [7, 11) is 0. The van der Waals surface area contributed by atoms with Gasteiger partial charge in [-0.05, 0) is 48.4 Å². The fraction of sp³-hybridized carbons (Fsp3) is 0.269.